The van der Waals surface area contributed by atoms with Crippen molar-refractivity contribution < 1.29 is 22.7 Å². The van der Waals surface area contributed by atoms with Gasteiger partial charge in [0.05, 0.1) is 5.56 Å². The van der Waals surface area contributed by atoms with E-state index in [1.165, 1.54) is 0 Å². The zero-order chi connectivity index (χ0) is 13.9. The Morgan fingerprint density at radius 2 is 1.61 bits per heavy atom. The van der Waals surface area contributed by atoms with Crippen molar-refractivity contribution in [1.82, 2.24) is 5.32 Å². The number of nitrogen functional groups attached to an aromatic ring is 1. The molecule has 0 aromatic heterocycles. The maximum absolute atomic E-state index is 13.5. The second kappa shape index (κ2) is 5.72. The average molecular weight is 264 g/mol. The molecule has 0 spiro atoms. The van der Waals surface area contributed by atoms with Crippen molar-refractivity contribution >= 4 is 11.4 Å². The largest absolute Gasteiger partial charge is 0.396 e. The Labute approximate surface area is 101 Å². The van der Waals surface area contributed by atoms with E-state index in [4.69, 9.17) is 10.8 Å². The highest BCUT2D eigenvalue weighted by Gasteiger charge is 2.25. The van der Waals surface area contributed by atoms with Crippen LogP contribution in [0, 0.1) is 23.3 Å². The summed E-state index contributed by atoms with van der Waals surface area (Å²) < 4.78 is 53.2. The summed E-state index contributed by atoms with van der Waals surface area (Å²) in [6.45, 7) is 3.29. The van der Waals surface area contributed by atoms with E-state index < -0.39 is 34.5 Å². The Hall–Kier alpha value is -1.76. The summed E-state index contributed by atoms with van der Waals surface area (Å²) >= 11 is 0. The van der Waals surface area contributed by atoms with Crippen LogP contribution in [0.4, 0.5) is 23.2 Å². The van der Waals surface area contributed by atoms with Crippen molar-refractivity contribution in [3.8, 4) is 0 Å². The molecule has 0 unspecified atom stereocenters. The van der Waals surface area contributed by atoms with Gasteiger partial charge in [0.1, 0.15) is 5.69 Å². The van der Waals surface area contributed by atoms with Crippen molar-refractivity contribution in [3.63, 3.8) is 0 Å². The number of rotatable bonds is 5. The van der Waals surface area contributed by atoms with E-state index in [1.807, 2.05) is 0 Å². The predicted octanol–water partition coefficient (Wildman–Crippen LogP) is 1.77. The molecule has 0 heterocycles. The van der Waals surface area contributed by atoms with Gasteiger partial charge in [0.15, 0.2) is 23.3 Å². The highest BCUT2D eigenvalue weighted by Crippen LogP contribution is 2.28. The van der Waals surface area contributed by atoms with E-state index in [-0.39, 0.29) is 18.8 Å². The molecule has 0 aliphatic carbocycles. The first-order valence-corrected chi connectivity index (χ1v) is 5.07. The molecule has 3 nitrogen and oxygen atoms in total. The van der Waals surface area contributed by atoms with E-state index in [0.717, 1.165) is 0 Å². The molecular weight excluding hydrogens is 252 g/mol. The molecule has 0 fully saturated rings. The van der Waals surface area contributed by atoms with Crippen LogP contribution in [-0.2, 0) is 0 Å². The summed E-state index contributed by atoms with van der Waals surface area (Å²) in [5.74, 6) is -6.52. The third kappa shape index (κ3) is 2.56. The number of aliphatic hydroxyl groups is 1. The minimum atomic E-state index is -1.66. The van der Waals surface area contributed by atoms with Gasteiger partial charge in [-0.25, -0.2) is 17.6 Å². The third-order valence-electron chi connectivity index (χ3n) is 2.27. The highest BCUT2D eigenvalue weighted by atomic mass is 19.2. The molecule has 1 rings (SSSR count). The van der Waals surface area contributed by atoms with Crippen LogP contribution in [0.2, 0.25) is 0 Å². The smallest absolute Gasteiger partial charge is 0.185 e. The fourth-order valence-corrected chi connectivity index (χ4v) is 1.32. The molecule has 0 saturated heterocycles. The number of nitrogens with two attached hydrogens (primary N) is 1. The van der Waals surface area contributed by atoms with Crippen molar-refractivity contribution in [1.29, 1.82) is 0 Å². The second-order valence-corrected chi connectivity index (χ2v) is 3.53. The van der Waals surface area contributed by atoms with Gasteiger partial charge in [0.25, 0.3) is 0 Å². The molecule has 0 radical (unpaired) electrons. The summed E-state index contributed by atoms with van der Waals surface area (Å²) in [6, 6.07) is 0. The Bertz CT molecular complexity index is 448. The molecule has 7 heteroatoms. The molecule has 1 aromatic carbocycles. The summed E-state index contributed by atoms with van der Waals surface area (Å²) in [4.78, 5) is 0. The Balaban J connectivity index is 3.13. The van der Waals surface area contributed by atoms with Crippen LogP contribution in [-0.4, -0.2) is 18.3 Å². The van der Waals surface area contributed by atoms with Gasteiger partial charge in [-0.15, -0.1) is 0 Å². The molecule has 0 aliphatic heterocycles. The second-order valence-electron chi connectivity index (χ2n) is 3.53. The lowest BCUT2D eigenvalue weighted by Gasteiger charge is -2.13. The topological polar surface area (TPSA) is 58.3 Å². The van der Waals surface area contributed by atoms with Crippen LogP contribution >= 0.6 is 0 Å². The maximum atomic E-state index is 13.5. The summed E-state index contributed by atoms with van der Waals surface area (Å²) in [6.07, 6.45) is 0.294. The van der Waals surface area contributed by atoms with Crippen LogP contribution in [0.5, 0.6) is 0 Å². The number of aliphatic hydroxyl groups excluding tert-OH is 1. The van der Waals surface area contributed by atoms with Gasteiger partial charge in [-0.05, 0) is 6.42 Å². The zero-order valence-corrected chi connectivity index (χ0v) is 9.36. The normalized spacial score (nSPS) is 10.5. The van der Waals surface area contributed by atoms with Gasteiger partial charge in [-0.2, -0.15) is 0 Å². The quantitative estimate of drug-likeness (QED) is 0.329. The van der Waals surface area contributed by atoms with Crippen molar-refractivity contribution in [2.75, 3.05) is 18.9 Å². The van der Waals surface area contributed by atoms with Crippen LogP contribution in [0.15, 0.2) is 6.58 Å². The monoisotopic (exact) mass is 264 g/mol. The lowest BCUT2D eigenvalue weighted by atomic mass is 10.1. The van der Waals surface area contributed by atoms with E-state index >= 15 is 0 Å². The van der Waals surface area contributed by atoms with E-state index in [1.54, 1.807) is 0 Å². The minimum Gasteiger partial charge on any atom is -0.396 e. The van der Waals surface area contributed by atoms with Crippen LogP contribution < -0.4 is 11.1 Å². The van der Waals surface area contributed by atoms with Gasteiger partial charge in [0, 0.05) is 18.8 Å². The summed E-state index contributed by atoms with van der Waals surface area (Å²) in [5, 5.41) is 11.0. The Morgan fingerprint density at radius 1 is 1.11 bits per heavy atom. The van der Waals surface area contributed by atoms with Gasteiger partial charge in [-0.1, -0.05) is 6.58 Å². The molecule has 18 heavy (non-hydrogen) atoms. The van der Waals surface area contributed by atoms with Gasteiger partial charge in [-0.3, -0.25) is 0 Å². The lowest BCUT2D eigenvalue weighted by molar-refractivity contribution is 0.288. The number of hydrogen-bond acceptors (Lipinski definition) is 3. The van der Waals surface area contributed by atoms with E-state index in [2.05, 4.69) is 11.9 Å². The standard InChI is InChI=1S/C11H12F4N2O/c1-5(17-3-2-4-18)6-7(12)9(14)11(16)10(15)8(6)13/h17-18H,1-4,16H2. The van der Waals surface area contributed by atoms with Gasteiger partial charge >= 0.3 is 0 Å². The molecule has 4 N–H and O–H groups in total. The fraction of sp³-hybridized carbons (Fsp3) is 0.273. The number of halogens is 4. The number of nitrogens with one attached hydrogen (secondary N) is 1. The van der Waals surface area contributed by atoms with Crippen molar-refractivity contribution in [2.24, 2.45) is 0 Å². The van der Waals surface area contributed by atoms with Crippen molar-refractivity contribution in [3.05, 3.63) is 35.4 Å². The number of hydrogen-bond donors (Lipinski definition) is 3. The molecule has 0 saturated carbocycles. The molecule has 1 aromatic rings. The first-order valence-electron chi connectivity index (χ1n) is 5.07. The van der Waals surface area contributed by atoms with E-state index in [0.29, 0.717) is 6.42 Å². The van der Waals surface area contributed by atoms with Crippen molar-refractivity contribution in [2.45, 2.75) is 6.42 Å². The lowest BCUT2D eigenvalue weighted by Crippen LogP contribution is -2.18. The first kappa shape index (κ1) is 14.3. The summed E-state index contributed by atoms with van der Waals surface area (Å²) in [5.41, 5.74) is 2.39. The third-order valence-corrected chi connectivity index (χ3v) is 2.27. The zero-order valence-electron chi connectivity index (χ0n) is 9.36. The molecule has 0 bridgehead atoms. The number of anilines is 1. The maximum Gasteiger partial charge on any atom is 0.185 e. The van der Waals surface area contributed by atoms with Crippen LogP contribution in [0.3, 0.4) is 0 Å². The highest BCUT2D eigenvalue weighted by molar-refractivity contribution is 5.65. The molecular formula is C11H12F4N2O. The Kier molecular flexibility index (Phi) is 4.55. The van der Waals surface area contributed by atoms with E-state index in [9.17, 15) is 17.6 Å². The minimum absolute atomic E-state index is 0.143. The first-order chi connectivity index (χ1) is 8.41. The van der Waals surface area contributed by atoms with Gasteiger partial charge < -0.3 is 16.2 Å². The number of benzene rings is 1. The molecule has 0 aliphatic rings. The Morgan fingerprint density at radius 3 is 2.06 bits per heavy atom. The van der Waals surface area contributed by atoms with Crippen LogP contribution in [0.1, 0.15) is 12.0 Å². The SMILES string of the molecule is C=C(NCCCO)c1c(F)c(F)c(N)c(F)c1F. The van der Waals surface area contributed by atoms with Gasteiger partial charge in [0.2, 0.25) is 0 Å². The molecule has 0 atom stereocenters. The predicted molar refractivity (Wildman–Crippen MR) is 59.4 cm³/mol. The van der Waals surface area contributed by atoms with Crippen LogP contribution in [0.25, 0.3) is 5.70 Å². The fourth-order valence-electron chi connectivity index (χ4n) is 1.32. The molecule has 0 amide bonds. The average Bonchev–Trinajstić information content (AvgIpc) is 2.34. The summed E-state index contributed by atoms with van der Waals surface area (Å²) in [7, 11) is 0. The molecule has 100 valence electrons.